The number of benzene rings is 2. The molecular weight excluding hydrogens is 466 g/mol. The van der Waals surface area contributed by atoms with Gasteiger partial charge in [-0.3, -0.25) is 9.89 Å². The summed E-state index contributed by atoms with van der Waals surface area (Å²) in [7, 11) is 0. The lowest BCUT2D eigenvalue weighted by Crippen LogP contribution is -2.28. The van der Waals surface area contributed by atoms with Crippen molar-refractivity contribution < 1.29 is 13.6 Å². The molecule has 1 atom stereocenters. The van der Waals surface area contributed by atoms with Gasteiger partial charge in [0.25, 0.3) is 5.91 Å². The highest BCUT2D eigenvalue weighted by Crippen LogP contribution is 2.26. The van der Waals surface area contributed by atoms with Crippen LogP contribution in [0, 0.1) is 11.6 Å². The number of H-pyrrole nitrogens is 1. The van der Waals surface area contributed by atoms with E-state index in [2.05, 4.69) is 35.8 Å². The molecule has 1 aliphatic heterocycles. The molecule has 11 heteroatoms. The summed E-state index contributed by atoms with van der Waals surface area (Å²) in [4.78, 5) is 26.2. The van der Waals surface area contributed by atoms with E-state index in [0.717, 1.165) is 43.9 Å². The molecule has 0 unspecified atom stereocenters. The maximum absolute atomic E-state index is 13.9. The monoisotopic (exact) mass is 490 g/mol. The first kappa shape index (κ1) is 23.5. The first-order valence-electron chi connectivity index (χ1n) is 11.6. The van der Waals surface area contributed by atoms with Gasteiger partial charge >= 0.3 is 0 Å². The first-order valence-corrected chi connectivity index (χ1v) is 11.6. The molecule has 0 radical (unpaired) electrons. The van der Waals surface area contributed by atoms with Crippen LogP contribution in [-0.2, 0) is 6.54 Å². The fraction of sp³-hybridized carbons (Fsp3) is 0.240. The van der Waals surface area contributed by atoms with Crippen LogP contribution in [0.25, 0.3) is 22.8 Å². The average molecular weight is 491 g/mol. The Labute approximate surface area is 205 Å². The number of nitrogens with zero attached hydrogens (tertiary/aromatic N) is 4. The third-order valence-corrected chi connectivity index (χ3v) is 6.07. The number of piperidine rings is 1. The quantitative estimate of drug-likeness (QED) is 0.326. The van der Waals surface area contributed by atoms with E-state index in [0.29, 0.717) is 28.3 Å². The van der Waals surface area contributed by atoms with Crippen molar-refractivity contribution in [1.29, 1.82) is 0 Å². The molecule has 9 nitrogen and oxygen atoms in total. The normalized spacial score (nSPS) is 15.6. The molecule has 0 spiro atoms. The Balaban J connectivity index is 1.35. The lowest BCUT2D eigenvalue weighted by molar-refractivity contribution is 0.0950. The summed E-state index contributed by atoms with van der Waals surface area (Å²) in [6.45, 7) is 1.75. The van der Waals surface area contributed by atoms with Crippen molar-refractivity contribution in [3.8, 4) is 22.8 Å². The highest BCUT2D eigenvalue weighted by Gasteiger charge is 2.21. The van der Waals surface area contributed by atoms with Crippen molar-refractivity contribution in [3.05, 3.63) is 77.2 Å². The van der Waals surface area contributed by atoms with E-state index in [1.807, 2.05) is 0 Å². The molecule has 1 saturated heterocycles. The molecule has 1 fully saturated rings. The Morgan fingerprint density at radius 2 is 2.06 bits per heavy atom. The minimum atomic E-state index is -0.719. The Morgan fingerprint density at radius 1 is 1.17 bits per heavy atom. The second-order valence-electron chi connectivity index (χ2n) is 8.58. The Hall–Kier alpha value is -4.25. The summed E-state index contributed by atoms with van der Waals surface area (Å²) in [5, 5.41) is 13.3. The van der Waals surface area contributed by atoms with Crippen LogP contribution in [0.4, 0.5) is 14.6 Å². The number of carbonyl (C=O) groups is 1. The zero-order valence-corrected chi connectivity index (χ0v) is 19.3. The lowest BCUT2D eigenvalue weighted by atomic mass is 9.99. The molecule has 184 valence electrons. The number of hydrogen-bond donors (Lipinski definition) is 4. The molecule has 0 bridgehead atoms. The highest BCUT2D eigenvalue weighted by atomic mass is 19.1. The first-order chi connectivity index (χ1) is 17.5. The minimum Gasteiger partial charge on any atom is -0.382 e. The number of nitrogens with one attached hydrogen (secondary N) is 3. The molecule has 0 aliphatic carbocycles. The molecule has 0 saturated carbocycles. The maximum atomic E-state index is 13.9. The van der Waals surface area contributed by atoms with Gasteiger partial charge in [0.05, 0.1) is 11.9 Å². The van der Waals surface area contributed by atoms with Gasteiger partial charge in [0.2, 0.25) is 5.82 Å². The van der Waals surface area contributed by atoms with E-state index >= 15 is 0 Å². The number of nitrogen functional groups attached to an aromatic ring is 1. The number of nitrogens with two attached hydrogens (primary N) is 1. The van der Waals surface area contributed by atoms with Gasteiger partial charge < -0.3 is 16.4 Å². The van der Waals surface area contributed by atoms with Crippen molar-refractivity contribution in [2.24, 2.45) is 0 Å². The van der Waals surface area contributed by atoms with Gasteiger partial charge in [-0.2, -0.15) is 5.10 Å². The third kappa shape index (κ3) is 5.05. The summed E-state index contributed by atoms with van der Waals surface area (Å²) >= 11 is 0. The summed E-state index contributed by atoms with van der Waals surface area (Å²) in [5.74, 6) is -0.228. The van der Waals surface area contributed by atoms with E-state index in [1.165, 1.54) is 12.3 Å². The topological polar surface area (TPSA) is 134 Å². The average Bonchev–Trinajstić information content (AvgIpc) is 3.39. The molecule has 36 heavy (non-hydrogen) atoms. The Morgan fingerprint density at radius 3 is 2.86 bits per heavy atom. The number of aromatic nitrogens is 5. The SMILES string of the molecule is Nc1ncc(-c2cccc(C(=O)NCc3ccc(F)cc3F)c2)nc1-c1n[nH]c([C@H]2CCCNC2)n1. The largest absolute Gasteiger partial charge is 0.382 e. The third-order valence-electron chi connectivity index (χ3n) is 6.07. The van der Waals surface area contributed by atoms with Gasteiger partial charge in [0.15, 0.2) is 11.5 Å². The number of anilines is 1. The number of rotatable bonds is 6. The van der Waals surface area contributed by atoms with Crippen molar-refractivity contribution >= 4 is 11.7 Å². The molecule has 2 aromatic carbocycles. The van der Waals surface area contributed by atoms with Crippen LogP contribution in [0.5, 0.6) is 0 Å². The molecule has 1 aliphatic rings. The molecule has 3 heterocycles. The molecule has 5 rings (SSSR count). The fourth-order valence-corrected chi connectivity index (χ4v) is 4.11. The zero-order chi connectivity index (χ0) is 25.1. The van der Waals surface area contributed by atoms with Gasteiger partial charge in [-0.15, -0.1) is 0 Å². The maximum Gasteiger partial charge on any atom is 0.251 e. The van der Waals surface area contributed by atoms with Crippen LogP contribution in [0.1, 0.15) is 40.5 Å². The van der Waals surface area contributed by atoms with Gasteiger partial charge in [-0.1, -0.05) is 18.2 Å². The standard InChI is InChI=1S/C25H24F2N8O/c26-18-7-6-16(19(27)10-18)12-31-25(36)15-4-1-3-14(9-15)20-13-30-22(28)21(32-20)24-33-23(34-35-24)17-5-2-8-29-11-17/h1,3-4,6-7,9-10,13,17,29H,2,5,8,11-12H2,(H2,28,30)(H,31,36)(H,33,34,35)/t17-/m0/s1. The summed E-state index contributed by atoms with van der Waals surface area (Å²) < 4.78 is 27.0. The highest BCUT2D eigenvalue weighted by molar-refractivity contribution is 5.95. The Bertz CT molecular complexity index is 1400. The fourth-order valence-electron chi connectivity index (χ4n) is 4.11. The van der Waals surface area contributed by atoms with Gasteiger partial charge in [-0.25, -0.2) is 23.7 Å². The number of amides is 1. The Kier molecular flexibility index (Phi) is 6.63. The van der Waals surface area contributed by atoms with Crippen LogP contribution in [0.3, 0.4) is 0 Å². The predicted octanol–water partition coefficient (Wildman–Crippen LogP) is 3.19. The van der Waals surface area contributed by atoms with Gasteiger partial charge in [-0.05, 0) is 37.6 Å². The van der Waals surface area contributed by atoms with Crippen LogP contribution >= 0.6 is 0 Å². The number of hydrogen-bond acceptors (Lipinski definition) is 7. The molecule has 4 aromatic rings. The summed E-state index contributed by atoms with van der Waals surface area (Å²) in [5.41, 5.74) is 8.09. The van der Waals surface area contributed by atoms with Crippen molar-refractivity contribution in [3.63, 3.8) is 0 Å². The lowest BCUT2D eigenvalue weighted by Gasteiger charge is -2.20. The molecule has 5 N–H and O–H groups in total. The molecule has 1 amide bonds. The number of aromatic amines is 1. The van der Waals surface area contributed by atoms with Gasteiger partial charge in [0, 0.05) is 41.8 Å². The van der Waals surface area contributed by atoms with Crippen molar-refractivity contribution in [2.45, 2.75) is 25.3 Å². The minimum absolute atomic E-state index is 0.0787. The smallest absolute Gasteiger partial charge is 0.251 e. The second-order valence-corrected chi connectivity index (χ2v) is 8.58. The van der Waals surface area contributed by atoms with Crippen molar-refractivity contribution in [1.82, 2.24) is 35.8 Å². The van der Waals surface area contributed by atoms with E-state index in [4.69, 9.17) is 5.73 Å². The second kappa shape index (κ2) is 10.2. The summed E-state index contributed by atoms with van der Waals surface area (Å²) in [6.07, 6.45) is 3.61. The van der Waals surface area contributed by atoms with E-state index < -0.39 is 17.5 Å². The van der Waals surface area contributed by atoms with Crippen LogP contribution in [-0.4, -0.2) is 44.1 Å². The van der Waals surface area contributed by atoms with Crippen LogP contribution in [0.15, 0.2) is 48.7 Å². The zero-order valence-electron chi connectivity index (χ0n) is 19.3. The number of carbonyl (C=O) groups excluding carboxylic acids is 1. The van der Waals surface area contributed by atoms with E-state index in [1.54, 1.807) is 24.3 Å². The molecular formula is C25H24F2N8O. The number of halogens is 2. The van der Waals surface area contributed by atoms with E-state index in [9.17, 15) is 13.6 Å². The van der Waals surface area contributed by atoms with Crippen molar-refractivity contribution in [2.75, 3.05) is 18.8 Å². The molecule has 2 aromatic heterocycles. The van der Waals surface area contributed by atoms with Crippen LogP contribution in [0.2, 0.25) is 0 Å². The van der Waals surface area contributed by atoms with Crippen LogP contribution < -0.4 is 16.4 Å². The summed E-state index contributed by atoms with van der Waals surface area (Å²) in [6, 6.07) is 10.0. The van der Waals surface area contributed by atoms with E-state index in [-0.39, 0.29) is 23.8 Å². The van der Waals surface area contributed by atoms with Gasteiger partial charge in [0.1, 0.15) is 17.5 Å². The predicted molar refractivity (Wildman–Crippen MR) is 130 cm³/mol.